The van der Waals surface area contributed by atoms with Gasteiger partial charge in [-0.3, -0.25) is 5.32 Å². The van der Waals surface area contributed by atoms with E-state index in [0.717, 1.165) is 17.7 Å². The first-order valence-corrected chi connectivity index (χ1v) is 6.59. The third-order valence-electron chi connectivity index (χ3n) is 2.96. The van der Waals surface area contributed by atoms with Gasteiger partial charge in [-0.25, -0.2) is 14.0 Å². The molecular formula is C16H14FNO5. The van der Waals surface area contributed by atoms with Crippen LogP contribution in [0.25, 0.3) is 0 Å². The number of hydrogen-bond acceptors (Lipinski definition) is 4. The third-order valence-corrected chi connectivity index (χ3v) is 2.96. The molecule has 0 aliphatic heterocycles. The van der Waals surface area contributed by atoms with Crippen molar-refractivity contribution in [1.29, 1.82) is 0 Å². The molecule has 0 aliphatic rings. The Hall–Kier alpha value is -3.09. The summed E-state index contributed by atoms with van der Waals surface area (Å²) in [4.78, 5) is 23.0. The van der Waals surface area contributed by atoms with Crippen LogP contribution >= 0.6 is 0 Å². The molecule has 2 rings (SSSR count). The first-order chi connectivity index (χ1) is 11.0. The summed E-state index contributed by atoms with van der Waals surface area (Å²) in [7, 11) is 1.24. The maximum atomic E-state index is 13.4. The quantitative estimate of drug-likeness (QED) is 0.883. The number of aromatic carboxylic acids is 1. The second-order valence-corrected chi connectivity index (χ2v) is 4.52. The van der Waals surface area contributed by atoms with E-state index in [1.807, 2.05) is 6.07 Å². The minimum absolute atomic E-state index is 0.0125. The van der Waals surface area contributed by atoms with E-state index in [9.17, 15) is 14.0 Å². The molecule has 0 aliphatic carbocycles. The number of benzene rings is 2. The minimum atomic E-state index is -1.40. The first-order valence-electron chi connectivity index (χ1n) is 6.59. The van der Waals surface area contributed by atoms with Crippen molar-refractivity contribution in [3.05, 3.63) is 59.4 Å². The number of carbonyl (C=O) groups excluding carboxylic acids is 1. The molecule has 0 radical (unpaired) electrons. The normalized spacial score (nSPS) is 10.0. The van der Waals surface area contributed by atoms with Gasteiger partial charge >= 0.3 is 12.1 Å². The molecule has 6 nitrogen and oxygen atoms in total. The van der Waals surface area contributed by atoms with Crippen molar-refractivity contribution < 1.29 is 28.6 Å². The Morgan fingerprint density at radius 1 is 1.22 bits per heavy atom. The highest BCUT2D eigenvalue weighted by Gasteiger charge is 2.20. The van der Waals surface area contributed by atoms with E-state index in [1.54, 1.807) is 24.3 Å². The van der Waals surface area contributed by atoms with Crippen LogP contribution in [-0.4, -0.2) is 24.3 Å². The van der Waals surface area contributed by atoms with Crippen LogP contribution in [0.1, 0.15) is 15.9 Å². The lowest BCUT2D eigenvalue weighted by molar-refractivity contribution is 0.0697. The van der Waals surface area contributed by atoms with E-state index in [-0.39, 0.29) is 18.0 Å². The lowest BCUT2D eigenvalue weighted by Gasteiger charge is -2.13. The molecule has 0 saturated carbocycles. The van der Waals surface area contributed by atoms with E-state index >= 15 is 0 Å². The molecule has 0 unspecified atom stereocenters. The van der Waals surface area contributed by atoms with Crippen molar-refractivity contribution in [1.82, 2.24) is 0 Å². The molecule has 0 saturated heterocycles. The van der Waals surface area contributed by atoms with E-state index in [4.69, 9.17) is 14.6 Å². The molecule has 120 valence electrons. The fourth-order valence-electron chi connectivity index (χ4n) is 1.90. The SMILES string of the molecule is COc1cc(F)cc(C(=O)O)c1NC(=O)OCc1ccccc1. The van der Waals surface area contributed by atoms with Gasteiger partial charge in [0, 0.05) is 6.07 Å². The number of amides is 1. The number of rotatable bonds is 5. The van der Waals surface area contributed by atoms with Crippen LogP contribution in [-0.2, 0) is 11.3 Å². The van der Waals surface area contributed by atoms with Crippen LogP contribution in [0.5, 0.6) is 5.75 Å². The van der Waals surface area contributed by atoms with Crippen LogP contribution in [0.15, 0.2) is 42.5 Å². The molecule has 2 aromatic carbocycles. The second-order valence-electron chi connectivity index (χ2n) is 4.52. The van der Waals surface area contributed by atoms with Crippen molar-refractivity contribution in [2.24, 2.45) is 0 Å². The minimum Gasteiger partial charge on any atom is -0.494 e. The van der Waals surface area contributed by atoms with Crippen LogP contribution < -0.4 is 10.1 Å². The Kier molecular flexibility index (Phi) is 5.14. The summed E-state index contributed by atoms with van der Waals surface area (Å²) in [6, 6.07) is 10.7. The number of carboxylic acid groups (broad SMARTS) is 1. The highest BCUT2D eigenvalue weighted by molar-refractivity contribution is 6.00. The predicted octanol–water partition coefficient (Wildman–Crippen LogP) is 3.28. The molecule has 23 heavy (non-hydrogen) atoms. The van der Waals surface area contributed by atoms with Gasteiger partial charge in [0.25, 0.3) is 0 Å². The number of hydrogen-bond donors (Lipinski definition) is 2. The summed E-state index contributed by atoms with van der Waals surface area (Å²) >= 11 is 0. The van der Waals surface area contributed by atoms with Crippen LogP contribution in [0.2, 0.25) is 0 Å². The number of nitrogens with one attached hydrogen (secondary N) is 1. The first kappa shape index (κ1) is 16.3. The number of halogens is 1. The Morgan fingerprint density at radius 3 is 2.52 bits per heavy atom. The van der Waals surface area contributed by atoms with Crippen molar-refractivity contribution in [3.63, 3.8) is 0 Å². The van der Waals surface area contributed by atoms with Crippen LogP contribution in [0.4, 0.5) is 14.9 Å². The van der Waals surface area contributed by atoms with Gasteiger partial charge in [0.15, 0.2) is 0 Å². The molecular weight excluding hydrogens is 305 g/mol. The van der Waals surface area contributed by atoms with E-state index < -0.39 is 23.4 Å². The fourth-order valence-corrected chi connectivity index (χ4v) is 1.90. The molecule has 1 amide bonds. The number of ether oxygens (including phenoxy) is 2. The predicted molar refractivity (Wildman–Crippen MR) is 80.2 cm³/mol. The lowest BCUT2D eigenvalue weighted by Crippen LogP contribution is -2.17. The zero-order chi connectivity index (χ0) is 16.8. The van der Waals surface area contributed by atoms with Gasteiger partial charge in [-0.15, -0.1) is 0 Å². The molecule has 2 N–H and O–H groups in total. The second kappa shape index (κ2) is 7.26. The summed E-state index contributed by atoms with van der Waals surface area (Å²) in [5.41, 5.74) is 0.171. The fraction of sp³-hybridized carbons (Fsp3) is 0.125. The molecule has 0 spiro atoms. The summed E-state index contributed by atoms with van der Waals surface area (Å²) in [6.07, 6.45) is -0.874. The average Bonchev–Trinajstić information content (AvgIpc) is 2.54. The Balaban J connectivity index is 2.15. The maximum absolute atomic E-state index is 13.4. The zero-order valence-electron chi connectivity index (χ0n) is 12.2. The Bertz CT molecular complexity index is 718. The monoisotopic (exact) mass is 319 g/mol. The third kappa shape index (κ3) is 4.19. The van der Waals surface area contributed by atoms with E-state index in [2.05, 4.69) is 5.32 Å². The van der Waals surface area contributed by atoms with Gasteiger partial charge in [0.2, 0.25) is 0 Å². The Labute approximate surface area is 131 Å². The van der Waals surface area contributed by atoms with E-state index in [0.29, 0.717) is 0 Å². The molecule has 2 aromatic rings. The molecule has 0 atom stereocenters. The van der Waals surface area contributed by atoms with Crippen molar-refractivity contribution in [2.75, 3.05) is 12.4 Å². The average molecular weight is 319 g/mol. The topological polar surface area (TPSA) is 84.9 Å². The summed E-state index contributed by atoms with van der Waals surface area (Å²) in [5.74, 6) is -2.30. The molecule has 0 aromatic heterocycles. The lowest BCUT2D eigenvalue weighted by atomic mass is 10.1. The smallest absolute Gasteiger partial charge is 0.412 e. The summed E-state index contributed by atoms with van der Waals surface area (Å²) < 4.78 is 23.3. The Morgan fingerprint density at radius 2 is 1.91 bits per heavy atom. The van der Waals surface area contributed by atoms with E-state index in [1.165, 1.54) is 7.11 Å². The maximum Gasteiger partial charge on any atom is 0.412 e. The van der Waals surface area contributed by atoms with Gasteiger partial charge in [0.1, 0.15) is 23.9 Å². The largest absolute Gasteiger partial charge is 0.494 e. The molecule has 0 heterocycles. The van der Waals surface area contributed by atoms with Crippen molar-refractivity contribution in [2.45, 2.75) is 6.61 Å². The van der Waals surface area contributed by atoms with Gasteiger partial charge in [0.05, 0.1) is 12.7 Å². The van der Waals surface area contributed by atoms with Crippen LogP contribution in [0.3, 0.4) is 0 Å². The van der Waals surface area contributed by atoms with Gasteiger partial charge in [-0.1, -0.05) is 30.3 Å². The standard InChI is InChI=1S/C16H14FNO5/c1-22-13-8-11(17)7-12(15(19)20)14(13)18-16(21)23-9-10-5-3-2-4-6-10/h2-8H,9H2,1H3,(H,18,21)(H,19,20). The van der Waals surface area contributed by atoms with Gasteiger partial charge < -0.3 is 14.6 Å². The highest BCUT2D eigenvalue weighted by Crippen LogP contribution is 2.30. The van der Waals surface area contributed by atoms with Gasteiger partial charge in [-0.2, -0.15) is 0 Å². The van der Waals surface area contributed by atoms with Crippen molar-refractivity contribution >= 4 is 17.7 Å². The number of carboxylic acids is 1. The zero-order valence-corrected chi connectivity index (χ0v) is 12.2. The molecule has 0 fully saturated rings. The number of methoxy groups -OCH3 is 1. The van der Waals surface area contributed by atoms with Crippen molar-refractivity contribution in [3.8, 4) is 5.75 Å². The molecule has 7 heteroatoms. The highest BCUT2D eigenvalue weighted by atomic mass is 19.1. The summed E-state index contributed by atoms with van der Waals surface area (Å²) in [6.45, 7) is 0.0125. The molecule has 0 bridgehead atoms. The number of carbonyl (C=O) groups is 2. The number of anilines is 1. The van der Waals surface area contributed by atoms with Gasteiger partial charge in [-0.05, 0) is 11.6 Å². The summed E-state index contributed by atoms with van der Waals surface area (Å²) in [5, 5.41) is 11.4. The van der Waals surface area contributed by atoms with Crippen LogP contribution in [0, 0.1) is 5.82 Å².